The van der Waals surface area contributed by atoms with Gasteiger partial charge in [0.2, 0.25) is 5.95 Å². The first kappa shape index (κ1) is 23.8. The summed E-state index contributed by atoms with van der Waals surface area (Å²) in [6.45, 7) is 13.1. The van der Waals surface area contributed by atoms with Gasteiger partial charge in [0.25, 0.3) is 5.56 Å². The SMILES string of the molecule is CCCN(CCC)c1nc2c(c(-c3c(C)cc(C)cc3C)cn2Cc2ccccc2)c(=O)n1C. The summed E-state index contributed by atoms with van der Waals surface area (Å²) >= 11 is 0. The van der Waals surface area contributed by atoms with Gasteiger partial charge < -0.3 is 9.47 Å². The monoisotopic (exact) mass is 456 g/mol. The van der Waals surface area contributed by atoms with Crippen LogP contribution in [0.4, 0.5) is 5.95 Å². The summed E-state index contributed by atoms with van der Waals surface area (Å²) in [6, 6.07) is 14.8. The van der Waals surface area contributed by atoms with Crippen molar-refractivity contribution in [1.29, 1.82) is 0 Å². The van der Waals surface area contributed by atoms with Crippen molar-refractivity contribution in [2.45, 2.75) is 54.0 Å². The predicted molar refractivity (Wildman–Crippen MR) is 143 cm³/mol. The number of aromatic nitrogens is 3. The fourth-order valence-electron chi connectivity index (χ4n) is 5.13. The van der Waals surface area contributed by atoms with Gasteiger partial charge in [-0.1, -0.05) is 61.9 Å². The van der Waals surface area contributed by atoms with Gasteiger partial charge in [-0.05, 0) is 55.9 Å². The molecule has 5 heteroatoms. The third kappa shape index (κ3) is 4.39. The molecule has 5 nitrogen and oxygen atoms in total. The summed E-state index contributed by atoms with van der Waals surface area (Å²) < 4.78 is 3.89. The zero-order valence-corrected chi connectivity index (χ0v) is 21.4. The standard InChI is InChI=1S/C29H36N4O/c1-7-14-32(15-8-2)29-30-27-26(28(34)31(29)6)24(25-21(4)16-20(3)17-22(25)5)19-33(27)18-23-12-10-9-11-13-23/h9-13,16-17,19H,7-8,14-15,18H2,1-6H3. The number of anilines is 1. The molecule has 0 spiro atoms. The molecule has 0 aliphatic rings. The fourth-order valence-corrected chi connectivity index (χ4v) is 5.13. The predicted octanol–water partition coefficient (Wildman–Crippen LogP) is 6.00. The number of rotatable bonds is 8. The van der Waals surface area contributed by atoms with Crippen LogP contribution in [0.15, 0.2) is 53.5 Å². The first-order valence-corrected chi connectivity index (χ1v) is 12.3. The third-order valence-electron chi connectivity index (χ3n) is 6.49. The molecule has 2 aromatic carbocycles. The van der Waals surface area contributed by atoms with Crippen LogP contribution in [0.1, 0.15) is 48.9 Å². The molecule has 0 aliphatic heterocycles. The lowest BCUT2D eigenvalue weighted by Gasteiger charge is -2.24. The second-order valence-corrected chi connectivity index (χ2v) is 9.39. The molecule has 0 unspecified atom stereocenters. The first-order valence-electron chi connectivity index (χ1n) is 12.3. The van der Waals surface area contributed by atoms with Gasteiger partial charge in [0.15, 0.2) is 0 Å². The summed E-state index contributed by atoms with van der Waals surface area (Å²) in [4.78, 5) is 21.3. The van der Waals surface area contributed by atoms with E-state index in [2.05, 4.69) is 86.7 Å². The number of nitrogens with zero attached hydrogens (tertiary/aromatic N) is 4. The number of hydrogen-bond acceptors (Lipinski definition) is 3. The molecular formula is C29H36N4O. The zero-order valence-electron chi connectivity index (χ0n) is 21.4. The van der Waals surface area contributed by atoms with Crippen molar-refractivity contribution in [1.82, 2.24) is 14.1 Å². The van der Waals surface area contributed by atoms with Crippen molar-refractivity contribution in [3.8, 4) is 11.1 Å². The second kappa shape index (κ2) is 9.88. The van der Waals surface area contributed by atoms with E-state index in [0.29, 0.717) is 11.9 Å². The minimum Gasteiger partial charge on any atom is -0.342 e. The topological polar surface area (TPSA) is 43.1 Å². The normalized spacial score (nSPS) is 11.4. The van der Waals surface area contributed by atoms with Crippen LogP contribution in [0.25, 0.3) is 22.2 Å². The van der Waals surface area contributed by atoms with Crippen molar-refractivity contribution < 1.29 is 0 Å². The Morgan fingerprint density at radius 3 is 2.15 bits per heavy atom. The molecule has 0 bridgehead atoms. The summed E-state index contributed by atoms with van der Waals surface area (Å²) in [5, 5.41) is 0.699. The molecule has 34 heavy (non-hydrogen) atoms. The van der Waals surface area contributed by atoms with Gasteiger partial charge in [-0.25, -0.2) is 0 Å². The lowest BCUT2D eigenvalue weighted by atomic mass is 9.94. The summed E-state index contributed by atoms with van der Waals surface area (Å²) in [6.07, 6.45) is 4.14. The van der Waals surface area contributed by atoms with Crippen molar-refractivity contribution in [3.05, 3.63) is 81.3 Å². The molecule has 0 saturated carbocycles. The van der Waals surface area contributed by atoms with E-state index < -0.39 is 0 Å². The molecule has 0 atom stereocenters. The molecule has 2 heterocycles. The van der Waals surface area contributed by atoms with Gasteiger partial charge in [0, 0.05) is 38.4 Å². The number of hydrogen-bond donors (Lipinski definition) is 0. The van der Waals surface area contributed by atoms with Crippen molar-refractivity contribution in [2.24, 2.45) is 7.05 Å². The number of aryl methyl sites for hydroxylation is 3. The molecule has 4 aromatic rings. The molecule has 0 fully saturated rings. The van der Waals surface area contributed by atoms with Gasteiger partial charge in [0.05, 0.1) is 5.39 Å². The molecule has 0 aliphatic carbocycles. The average molecular weight is 457 g/mol. The quantitative estimate of drug-likeness (QED) is 0.326. The van der Waals surface area contributed by atoms with E-state index in [1.165, 1.54) is 22.3 Å². The van der Waals surface area contributed by atoms with Crippen LogP contribution >= 0.6 is 0 Å². The van der Waals surface area contributed by atoms with E-state index >= 15 is 0 Å². The molecule has 0 saturated heterocycles. The van der Waals surface area contributed by atoms with Crippen LogP contribution in [-0.2, 0) is 13.6 Å². The van der Waals surface area contributed by atoms with Crippen LogP contribution in [0.5, 0.6) is 0 Å². The number of fused-ring (bicyclic) bond motifs is 1. The molecule has 2 aromatic heterocycles. The fraction of sp³-hybridized carbons (Fsp3) is 0.379. The Hall–Kier alpha value is -3.34. The Balaban J connectivity index is 2.03. The lowest BCUT2D eigenvalue weighted by molar-refractivity contribution is 0.682. The van der Waals surface area contributed by atoms with Gasteiger partial charge in [0.1, 0.15) is 5.65 Å². The zero-order chi connectivity index (χ0) is 24.4. The smallest absolute Gasteiger partial charge is 0.264 e. The highest BCUT2D eigenvalue weighted by Crippen LogP contribution is 2.34. The van der Waals surface area contributed by atoms with E-state index in [-0.39, 0.29) is 5.56 Å². The van der Waals surface area contributed by atoms with Gasteiger partial charge >= 0.3 is 0 Å². The first-order chi connectivity index (χ1) is 16.3. The molecule has 0 radical (unpaired) electrons. The summed E-state index contributed by atoms with van der Waals surface area (Å²) in [5.41, 5.74) is 7.65. The highest BCUT2D eigenvalue weighted by molar-refractivity contribution is 5.96. The highest BCUT2D eigenvalue weighted by atomic mass is 16.1. The van der Waals surface area contributed by atoms with Crippen LogP contribution < -0.4 is 10.5 Å². The maximum atomic E-state index is 13.9. The average Bonchev–Trinajstić information content (AvgIpc) is 3.14. The summed E-state index contributed by atoms with van der Waals surface area (Å²) in [7, 11) is 1.86. The van der Waals surface area contributed by atoms with Crippen molar-refractivity contribution in [3.63, 3.8) is 0 Å². The Bertz CT molecular complexity index is 1340. The van der Waals surface area contributed by atoms with Crippen LogP contribution in [0.3, 0.4) is 0 Å². The largest absolute Gasteiger partial charge is 0.342 e. The third-order valence-corrected chi connectivity index (χ3v) is 6.49. The van der Waals surface area contributed by atoms with E-state index in [1.807, 2.05) is 13.1 Å². The molecular weight excluding hydrogens is 420 g/mol. The van der Waals surface area contributed by atoms with Crippen LogP contribution in [-0.4, -0.2) is 27.2 Å². The minimum absolute atomic E-state index is 0.0124. The molecule has 178 valence electrons. The second-order valence-electron chi connectivity index (χ2n) is 9.39. The van der Waals surface area contributed by atoms with E-state index in [1.54, 1.807) is 4.57 Å². The Morgan fingerprint density at radius 2 is 1.56 bits per heavy atom. The lowest BCUT2D eigenvalue weighted by Crippen LogP contribution is -2.33. The van der Waals surface area contributed by atoms with Crippen LogP contribution in [0, 0.1) is 20.8 Å². The van der Waals surface area contributed by atoms with E-state index in [4.69, 9.17) is 4.98 Å². The summed E-state index contributed by atoms with van der Waals surface area (Å²) in [5.74, 6) is 0.748. The molecule has 0 amide bonds. The van der Waals surface area contributed by atoms with Gasteiger partial charge in [-0.2, -0.15) is 4.98 Å². The Labute approximate surface area is 202 Å². The Morgan fingerprint density at radius 1 is 0.941 bits per heavy atom. The Kier molecular flexibility index (Phi) is 6.92. The van der Waals surface area contributed by atoms with Gasteiger partial charge in [-0.15, -0.1) is 0 Å². The number of benzene rings is 2. The maximum Gasteiger partial charge on any atom is 0.264 e. The minimum atomic E-state index is 0.0124. The molecule has 4 rings (SSSR count). The maximum absolute atomic E-state index is 13.9. The van der Waals surface area contributed by atoms with Crippen molar-refractivity contribution in [2.75, 3.05) is 18.0 Å². The molecule has 0 N–H and O–H groups in total. The van der Waals surface area contributed by atoms with Crippen molar-refractivity contribution >= 4 is 17.0 Å². The highest BCUT2D eigenvalue weighted by Gasteiger charge is 2.22. The van der Waals surface area contributed by atoms with E-state index in [9.17, 15) is 4.79 Å². The van der Waals surface area contributed by atoms with Crippen LogP contribution in [0.2, 0.25) is 0 Å². The van der Waals surface area contributed by atoms with Gasteiger partial charge in [-0.3, -0.25) is 9.36 Å². The van der Waals surface area contributed by atoms with E-state index in [0.717, 1.165) is 48.7 Å².